The van der Waals surface area contributed by atoms with E-state index >= 15 is 0 Å². The van der Waals surface area contributed by atoms with Crippen molar-refractivity contribution in [1.29, 1.82) is 0 Å². The minimum absolute atomic E-state index is 0. The van der Waals surface area contributed by atoms with Gasteiger partial charge in [0.1, 0.15) is 6.04 Å². The van der Waals surface area contributed by atoms with Crippen molar-refractivity contribution in [2.45, 2.75) is 63.5 Å². The Morgan fingerprint density at radius 2 is 2.04 bits per heavy atom. The van der Waals surface area contributed by atoms with Gasteiger partial charge in [-0.25, -0.2) is 0 Å². The number of anilines is 1. The van der Waals surface area contributed by atoms with Gasteiger partial charge >= 0.3 is 0 Å². The van der Waals surface area contributed by atoms with Crippen molar-refractivity contribution in [3.05, 3.63) is 11.8 Å². The van der Waals surface area contributed by atoms with Crippen LogP contribution in [0.15, 0.2) is 6.07 Å². The standard InChI is InChI=1S/C16H26N4O2.ClH/c1-11-15(17-8-9-22-11)16(21)18-14-10-13(19-20-14)12-6-4-2-3-5-7-12;/h10-12,15,17H,2-9H2,1H3,(H2,18,19,20,21);1H/t11-,15+;/m1./s1. The highest BCUT2D eigenvalue weighted by atomic mass is 35.5. The predicted molar refractivity (Wildman–Crippen MR) is 92.1 cm³/mol. The Kier molecular flexibility index (Phi) is 6.87. The van der Waals surface area contributed by atoms with Gasteiger partial charge in [0, 0.05) is 24.2 Å². The third-order valence-corrected chi connectivity index (χ3v) is 4.74. The summed E-state index contributed by atoms with van der Waals surface area (Å²) in [4.78, 5) is 12.3. The maximum absolute atomic E-state index is 12.3. The molecule has 2 heterocycles. The number of nitrogens with one attached hydrogen (secondary N) is 3. The van der Waals surface area contributed by atoms with Crippen LogP contribution in [0.5, 0.6) is 0 Å². The molecule has 2 fully saturated rings. The Bertz CT molecular complexity index is 500. The van der Waals surface area contributed by atoms with Gasteiger partial charge in [-0.15, -0.1) is 12.4 Å². The summed E-state index contributed by atoms with van der Waals surface area (Å²) in [6, 6.07) is 1.68. The highest BCUT2D eigenvalue weighted by Crippen LogP contribution is 2.31. The van der Waals surface area contributed by atoms with E-state index in [1.165, 1.54) is 38.5 Å². The number of aromatic amines is 1. The van der Waals surface area contributed by atoms with Crippen LogP contribution in [0.3, 0.4) is 0 Å². The first-order valence-electron chi connectivity index (χ1n) is 8.45. The highest BCUT2D eigenvalue weighted by Gasteiger charge is 2.28. The molecule has 6 nitrogen and oxygen atoms in total. The number of ether oxygens (including phenoxy) is 1. The van der Waals surface area contributed by atoms with Crippen molar-refractivity contribution in [3.8, 4) is 0 Å². The molecule has 3 N–H and O–H groups in total. The third-order valence-electron chi connectivity index (χ3n) is 4.74. The van der Waals surface area contributed by atoms with Gasteiger partial charge in [0.05, 0.1) is 12.7 Å². The first kappa shape index (κ1) is 18.2. The van der Waals surface area contributed by atoms with Crippen molar-refractivity contribution in [3.63, 3.8) is 0 Å². The molecule has 2 aliphatic rings. The number of morpholine rings is 1. The molecule has 2 atom stereocenters. The van der Waals surface area contributed by atoms with E-state index in [2.05, 4.69) is 20.8 Å². The maximum atomic E-state index is 12.3. The second-order valence-electron chi connectivity index (χ2n) is 6.39. The molecular weight excluding hydrogens is 316 g/mol. The maximum Gasteiger partial charge on any atom is 0.245 e. The van der Waals surface area contributed by atoms with Crippen molar-refractivity contribution in [2.75, 3.05) is 18.5 Å². The smallest absolute Gasteiger partial charge is 0.245 e. The molecule has 3 rings (SSSR count). The monoisotopic (exact) mass is 342 g/mol. The molecule has 130 valence electrons. The molecule has 0 aromatic carbocycles. The van der Waals surface area contributed by atoms with E-state index < -0.39 is 0 Å². The number of H-pyrrole nitrogens is 1. The lowest BCUT2D eigenvalue weighted by molar-refractivity contribution is -0.123. The van der Waals surface area contributed by atoms with Gasteiger partial charge in [0.2, 0.25) is 5.91 Å². The molecule has 1 aliphatic carbocycles. The first-order valence-corrected chi connectivity index (χ1v) is 8.45. The second kappa shape index (κ2) is 8.66. The van der Waals surface area contributed by atoms with Gasteiger partial charge in [-0.3, -0.25) is 9.89 Å². The second-order valence-corrected chi connectivity index (χ2v) is 6.39. The van der Waals surface area contributed by atoms with Crippen LogP contribution < -0.4 is 10.6 Å². The summed E-state index contributed by atoms with van der Waals surface area (Å²) in [7, 11) is 0. The van der Waals surface area contributed by atoms with E-state index in [1.54, 1.807) is 0 Å². The lowest BCUT2D eigenvalue weighted by Gasteiger charge is -2.28. The zero-order chi connectivity index (χ0) is 15.4. The zero-order valence-corrected chi connectivity index (χ0v) is 14.5. The highest BCUT2D eigenvalue weighted by molar-refractivity contribution is 5.94. The SMILES string of the molecule is C[C@H]1OCCN[C@@H]1C(=O)Nc1cc(C2CCCCCC2)[nH]n1.Cl. The molecule has 1 aromatic rings. The van der Waals surface area contributed by atoms with Crippen molar-refractivity contribution in [2.24, 2.45) is 0 Å². The third kappa shape index (κ3) is 4.68. The summed E-state index contributed by atoms with van der Waals surface area (Å²) in [5, 5.41) is 13.4. The number of carbonyl (C=O) groups excluding carboxylic acids is 1. The van der Waals surface area contributed by atoms with Crippen LogP contribution in [-0.4, -0.2) is 41.4 Å². The van der Waals surface area contributed by atoms with Crippen LogP contribution in [0.25, 0.3) is 0 Å². The van der Waals surface area contributed by atoms with Gasteiger partial charge < -0.3 is 15.4 Å². The van der Waals surface area contributed by atoms with Crippen molar-refractivity contribution < 1.29 is 9.53 Å². The molecule has 0 spiro atoms. The van der Waals surface area contributed by atoms with Crippen molar-refractivity contribution >= 4 is 24.1 Å². The van der Waals surface area contributed by atoms with Gasteiger partial charge in [0.15, 0.2) is 5.82 Å². The molecule has 1 aromatic heterocycles. The van der Waals surface area contributed by atoms with Crippen molar-refractivity contribution in [1.82, 2.24) is 15.5 Å². The number of hydrogen-bond donors (Lipinski definition) is 3. The Hall–Kier alpha value is -1.11. The summed E-state index contributed by atoms with van der Waals surface area (Å²) in [6.45, 7) is 3.27. The van der Waals surface area contributed by atoms with Crippen LogP contribution in [0, 0.1) is 0 Å². The van der Waals surface area contributed by atoms with Crippen LogP contribution in [0.1, 0.15) is 57.1 Å². The van der Waals surface area contributed by atoms with Gasteiger partial charge in [-0.2, -0.15) is 5.10 Å². The van der Waals surface area contributed by atoms with E-state index in [4.69, 9.17) is 4.74 Å². The van der Waals surface area contributed by atoms with Gasteiger partial charge in [-0.05, 0) is 19.8 Å². The number of hydrogen-bond acceptors (Lipinski definition) is 4. The van der Waals surface area contributed by atoms with Gasteiger partial charge in [0.25, 0.3) is 0 Å². The minimum Gasteiger partial charge on any atom is -0.375 e. The Morgan fingerprint density at radius 1 is 1.30 bits per heavy atom. The lowest BCUT2D eigenvalue weighted by Crippen LogP contribution is -2.53. The molecular formula is C16H27ClN4O2. The van der Waals surface area contributed by atoms with E-state index in [-0.39, 0.29) is 30.5 Å². The summed E-state index contributed by atoms with van der Waals surface area (Å²) < 4.78 is 5.51. The number of aromatic nitrogens is 2. The zero-order valence-electron chi connectivity index (χ0n) is 13.6. The average Bonchev–Trinajstić information content (AvgIpc) is 2.81. The molecule has 1 amide bonds. The fourth-order valence-electron chi connectivity index (χ4n) is 3.43. The van der Waals surface area contributed by atoms with Gasteiger partial charge in [-0.1, -0.05) is 25.7 Å². The number of halogens is 1. The largest absolute Gasteiger partial charge is 0.375 e. The fourth-order valence-corrected chi connectivity index (χ4v) is 3.43. The Balaban J connectivity index is 0.00000192. The number of amides is 1. The van der Waals surface area contributed by atoms with Crippen LogP contribution in [0.2, 0.25) is 0 Å². The number of carbonyl (C=O) groups is 1. The fraction of sp³-hybridized carbons (Fsp3) is 0.750. The molecule has 0 bridgehead atoms. The normalized spacial score (nSPS) is 26.1. The van der Waals surface area contributed by atoms with E-state index in [1.807, 2.05) is 13.0 Å². The molecule has 1 aliphatic heterocycles. The van der Waals surface area contributed by atoms with E-state index in [0.717, 1.165) is 5.69 Å². The minimum atomic E-state index is -0.313. The quantitative estimate of drug-likeness (QED) is 0.738. The number of rotatable bonds is 3. The molecule has 7 heteroatoms. The molecule has 23 heavy (non-hydrogen) atoms. The summed E-state index contributed by atoms with van der Waals surface area (Å²) in [5.41, 5.74) is 1.15. The Labute approximate surface area is 143 Å². The van der Waals surface area contributed by atoms with E-state index in [9.17, 15) is 4.79 Å². The molecule has 0 radical (unpaired) electrons. The lowest BCUT2D eigenvalue weighted by atomic mass is 9.97. The topological polar surface area (TPSA) is 79.0 Å². The summed E-state index contributed by atoms with van der Waals surface area (Å²) in [6.07, 6.45) is 7.54. The molecule has 1 saturated carbocycles. The first-order chi connectivity index (χ1) is 10.7. The number of nitrogens with zero attached hydrogens (tertiary/aromatic N) is 1. The Morgan fingerprint density at radius 3 is 2.74 bits per heavy atom. The molecule has 0 unspecified atom stereocenters. The van der Waals surface area contributed by atoms with Crippen LogP contribution in [-0.2, 0) is 9.53 Å². The van der Waals surface area contributed by atoms with Crippen LogP contribution >= 0.6 is 12.4 Å². The van der Waals surface area contributed by atoms with Crippen LogP contribution in [0.4, 0.5) is 5.82 Å². The average molecular weight is 343 g/mol. The van der Waals surface area contributed by atoms with E-state index in [0.29, 0.717) is 24.9 Å². The molecule has 1 saturated heterocycles. The summed E-state index contributed by atoms with van der Waals surface area (Å²) in [5.74, 6) is 1.09. The summed E-state index contributed by atoms with van der Waals surface area (Å²) >= 11 is 0. The predicted octanol–water partition coefficient (Wildman–Crippen LogP) is 2.58.